The molecule has 0 saturated heterocycles. The van der Waals surface area contributed by atoms with Crippen molar-refractivity contribution in [2.75, 3.05) is 13.1 Å². The quantitative estimate of drug-likeness (QED) is 0.656. The average molecular weight is 309 g/mol. The molecule has 0 spiro atoms. The Morgan fingerprint density at radius 1 is 1.67 bits per heavy atom. The van der Waals surface area contributed by atoms with Crippen molar-refractivity contribution in [1.82, 2.24) is 10.2 Å². The highest BCUT2D eigenvalue weighted by molar-refractivity contribution is 7.10. The normalized spacial score (nSPS) is 26.0. The molecule has 1 amide bonds. The lowest BCUT2D eigenvalue weighted by atomic mass is 10.1. The van der Waals surface area contributed by atoms with Crippen LogP contribution < -0.4 is 5.32 Å². The van der Waals surface area contributed by atoms with Gasteiger partial charge in [-0.2, -0.15) is 0 Å². The van der Waals surface area contributed by atoms with Gasteiger partial charge in [-0.15, -0.1) is 11.3 Å². The predicted octanol–water partition coefficient (Wildman–Crippen LogP) is 1.28. The standard InChI is InChI=1S/C14H19N3O3S/c1-9(7-15-14(18)11-6-12(11)17(19)20)16-4-2-13-10(8-16)3-5-21-13/h3,5,9,11-12H,2,4,6-8H2,1H3,(H,15,18)/t9-,11+,12+/m1/s1. The van der Waals surface area contributed by atoms with Crippen molar-refractivity contribution in [3.8, 4) is 0 Å². The van der Waals surface area contributed by atoms with E-state index in [4.69, 9.17) is 0 Å². The zero-order valence-corrected chi connectivity index (χ0v) is 12.8. The number of hydrogen-bond acceptors (Lipinski definition) is 5. The maximum atomic E-state index is 11.8. The number of nitro groups is 1. The summed E-state index contributed by atoms with van der Waals surface area (Å²) in [6.45, 7) is 4.58. The summed E-state index contributed by atoms with van der Waals surface area (Å²) in [5.41, 5.74) is 1.39. The van der Waals surface area contributed by atoms with Crippen LogP contribution in [0.4, 0.5) is 0 Å². The summed E-state index contributed by atoms with van der Waals surface area (Å²) < 4.78 is 0. The maximum Gasteiger partial charge on any atom is 0.230 e. The first-order valence-corrected chi connectivity index (χ1v) is 8.14. The molecule has 6 nitrogen and oxygen atoms in total. The minimum atomic E-state index is -0.663. The number of nitrogens with one attached hydrogen (secondary N) is 1. The number of nitrogens with zero attached hydrogens (tertiary/aromatic N) is 2. The van der Waals surface area contributed by atoms with Crippen LogP contribution in [-0.4, -0.2) is 40.9 Å². The Morgan fingerprint density at radius 2 is 2.48 bits per heavy atom. The lowest BCUT2D eigenvalue weighted by molar-refractivity contribution is -0.497. The molecule has 7 heteroatoms. The minimum absolute atomic E-state index is 0.170. The van der Waals surface area contributed by atoms with Gasteiger partial charge in [0.2, 0.25) is 11.9 Å². The number of carbonyl (C=O) groups is 1. The molecule has 1 aromatic rings. The Bertz CT molecular complexity index is 559. The van der Waals surface area contributed by atoms with Gasteiger partial charge in [0, 0.05) is 41.9 Å². The molecule has 2 aliphatic rings. The summed E-state index contributed by atoms with van der Waals surface area (Å²) in [6, 6.07) is 1.75. The van der Waals surface area contributed by atoms with Gasteiger partial charge in [-0.05, 0) is 30.4 Å². The van der Waals surface area contributed by atoms with Gasteiger partial charge in [0.05, 0.1) is 0 Å². The van der Waals surface area contributed by atoms with Crippen LogP contribution in [0, 0.1) is 16.0 Å². The fourth-order valence-electron chi connectivity index (χ4n) is 2.85. The first kappa shape index (κ1) is 14.5. The molecule has 1 aliphatic carbocycles. The second kappa shape index (κ2) is 5.73. The molecule has 0 bridgehead atoms. The molecule has 0 unspecified atom stereocenters. The lowest BCUT2D eigenvalue weighted by Gasteiger charge is -2.32. The molecule has 1 N–H and O–H groups in total. The van der Waals surface area contributed by atoms with Gasteiger partial charge >= 0.3 is 0 Å². The summed E-state index contributed by atoms with van der Waals surface area (Å²) >= 11 is 1.81. The van der Waals surface area contributed by atoms with Crippen LogP contribution in [0.3, 0.4) is 0 Å². The van der Waals surface area contributed by atoms with Crippen molar-refractivity contribution in [3.63, 3.8) is 0 Å². The van der Waals surface area contributed by atoms with E-state index in [2.05, 4.69) is 28.6 Å². The van der Waals surface area contributed by atoms with Crippen LogP contribution in [0.25, 0.3) is 0 Å². The van der Waals surface area contributed by atoms with Gasteiger partial charge < -0.3 is 5.32 Å². The highest BCUT2D eigenvalue weighted by Gasteiger charge is 2.53. The van der Waals surface area contributed by atoms with E-state index in [0.717, 1.165) is 19.5 Å². The smallest absolute Gasteiger partial charge is 0.230 e. The Kier molecular flexibility index (Phi) is 3.95. The fourth-order valence-corrected chi connectivity index (χ4v) is 3.74. The van der Waals surface area contributed by atoms with Crippen molar-refractivity contribution < 1.29 is 9.72 Å². The van der Waals surface area contributed by atoms with Crippen LogP contribution in [-0.2, 0) is 17.8 Å². The molecule has 21 heavy (non-hydrogen) atoms. The third-order valence-electron chi connectivity index (χ3n) is 4.40. The fraction of sp³-hybridized carbons (Fsp3) is 0.643. The first-order chi connectivity index (χ1) is 10.1. The lowest BCUT2D eigenvalue weighted by Crippen LogP contribution is -2.44. The van der Waals surface area contributed by atoms with E-state index in [9.17, 15) is 14.9 Å². The minimum Gasteiger partial charge on any atom is -0.354 e. The zero-order valence-electron chi connectivity index (χ0n) is 11.9. The molecule has 3 rings (SSSR count). The van der Waals surface area contributed by atoms with Crippen LogP contribution >= 0.6 is 11.3 Å². The van der Waals surface area contributed by atoms with Gasteiger partial charge in [-0.25, -0.2) is 0 Å². The number of hydrogen-bond donors (Lipinski definition) is 1. The van der Waals surface area contributed by atoms with Crippen LogP contribution in [0.5, 0.6) is 0 Å². The highest BCUT2D eigenvalue weighted by Crippen LogP contribution is 2.33. The Labute approximate surface area is 127 Å². The number of carbonyl (C=O) groups excluding carboxylic acids is 1. The SMILES string of the molecule is C[C@H](CNC(=O)[C@H]1C[C@@H]1[N+](=O)[O-])N1CCc2sccc2C1. The summed E-state index contributed by atoms with van der Waals surface area (Å²) in [4.78, 5) is 25.9. The first-order valence-electron chi connectivity index (χ1n) is 7.26. The van der Waals surface area contributed by atoms with Crippen LogP contribution in [0.2, 0.25) is 0 Å². The molecule has 1 aliphatic heterocycles. The van der Waals surface area contributed by atoms with Crippen molar-refractivity contribution in [1.29, 1.82) is 0 Å². The van der Waals surface area contributed by atoms with Gasteiger partial charge in [-0.3, -0.25) is 19.8 Å². The number of amides is 1. The Balaban J connectivity index is 1.46. The largest absolute Gasteiger partial charge is 0.354 e. The third-order valence-corrected chi connectivity index (χ3v) is 5.42. The molecule has 1 saturated carbocycles. The van der Waals surface area contributed by atoms with Crippen molar-refractivity contribution in [3.05, 3.63) is 32.0 Å². The summed E-state index contributed by atoms with van der Waals surface area (Å²) in [6.07, 6.45) is 1.45. The average Bonchev–Trinajstić information content (AvgIpc) is 3.15. The molecular formula is C14H19N3O3S. The van der Waals surface area contributed by atoms with E-state index in [1.165, 1.54) is 10.4 Å². The molecular weight excluding hydrogens is 290 g/mol. The van der Waals surface area contributed by atoms with E-state index >= 15 is 0 Å². The van der Waals surface area contributed by atoms with Gasteiger partial charge in [-0.1, -0.05) is 0 Å². The molecule has 1 fully saturated rings. The summed E-state index contributed by atoms with van der Waals surface area (Å²) in [5, 5.41) is 15.6. The Morgan fingerprint density at radius 3 is 3.19 bits per heavy atom. The maximum absolute atomic E-state index is 11.8. The molecule has 0 aromatic carbocycles. The van der Waals surface area contributed by atoms with E-state index in [1.54, 1.807) is 0 Å². The van der Waals surface area contributed by atoms with Crippen molar-refractivity contribution in [2.45, 2.75) is 38.4 Å². The monoisotopic (exact) mass is 309 g/mol. The van der Waals surface area contributed by atoms with E-state index < -0.39 is 12.0 Å². The van der Waals surface area contributed by atoms with E-state index in [-0.39, 0.29) is 16.9 Å². The summed E-state index contributed by atoms with van der Waals surface area (Å²) in [7, 11) is 0. The van der Waals surface area contributed by atoms with Crippen molar-refractivity contribution in [2.24, 2.45) is 5.92 Å². The van der Waals surface area contributed by atoms with Gasteiger partial charge in [0.25, 0.3) is 0 Å². The molecule has 2 heterocycles. The zero-order chi connectivity index (χ0) is 15.0. The van der Waals surface area contributed by atoms with Crippen LogP contribution in [0.1, 0.15) is 23.8 Å². The molecule has 114 valence electrons. The second-order valence-corrected chi connectivity index (χ2v) is 6.88. The van der Waals surface area contributed by atoms with E-state index in [0.29, 0.717) is 13.0 Å². The number of fused-ring (bicyclic) bond motifs is 1. The van der Waals surface area contributed by atoms with E-state index in [1.807, 2.05) is 11.3 Å². The van der Waals surface area contributed by atoms with Gasteiger partial charge in [0.1, 0.15) is 5.92 Å². The number of thiophene rings is 1. The topological polar surface area (TPSA) is 75.5 Å². The van der Waals surface area contributed by atoms with Gasteiger partial charge in [0.15, 0.2) is 0 Å². The van der Waals surface area contributed by atoms with Crippen LogP contribution in [0.15, 0.2) is 11.4 Å². The third kappa shape index (κ3) is 3.08. The Hall–Kier alpha value is -1.47. The number of rotatable bonds is 5. The molecule has 1 aromatic heterocycles. The second-order valence-electron chi connectivity index (χ2n) is 5.88. The highest BCUT2D eigenvalue weighted by atomic mass is 32.1. The molecule has 3 atom stereocenters. The van der Waals surface area contributed by atoms with Crippen molar-refractivity contribution >= 4 is 17.2 Å². The molecule has 0 radical (unpaired) electrons. The summed E-state index contributed by atoms with van der Waals surface area (Å²) in [5.74, 6) is -0.589. The predicted molar refractivity (Wildman–Crippen MR) is 79.8 cm³/mol.